The van der Waals surface area contributed by atoms with E-state index in [1.54, 1.807) is 60.5 Å². The van der Waals surface area contributed by atoms with Gasteiger partial charge in [0.1, 0.15) is 6.61 Å². The highest BCUT2D eigenvalue weighted by molar-refractivity contribution is 7.89. The van der Waals surface area contributed by atoms with Crippen molar-refractivity contribution in [2.45, 2.75) is 42.7 Å². The van der Waals surface area contributed by atoms with E-state index in [9.17, 15) is 23.3 Å². The minimum atomic E-state index is -3.65. The minimum absolute atomic E-state index is 0.0165. The van der Waals surface area contributed by atoms with E-state index < -0.39 is 21.0 Å². The lowest BCUT2D eigenvalue weighted by Gasteiger charge is -2.38. The summed E-state index contributed by atoms with van der Waals surface area (Å²) in [6, 6.07) is 21.9. The van der Waals surface area contributed by atoms with Crippen LogP contribution in [0.25, 0.3) is 0 Å². The van der Waals surface area contributed by atoms with Gasteiger partial charge in [0.2, 0.25) is 10.0 Å². The zero-order chi connectivity index (χ0) is 32.4. The molecule has 0 unspecified atom stereocenters. The van der Waals surface area contributed by atoms with Gasteiger partial charge in [0.05, 0.1) is 9.82 Å². The Kier molecular flexibility index (Phi) is 12.1. The Morgan fingerprint density at radius 1 is 1.11 bits per heavy atom. The fraction of sp³-hybridized carbons (Fsp3) is 0.364. The summed E-state index contributed by atoms with van der Waals surface area (Å²) in [7, 11) is -2.04. The lowest BCUT2D eigenvalue weighted by atomic mass is 9.94. The van der Waals surface area contributed by atoms with Crippen LogP contribution < -0.4 is 0 Å². The molecule has 0 spiro atoms. The average Bonchev–Trinajstić information content (AvgIpc) is 3.05. The van der Waals surface area contributed by atoms with E-state index in [0.29, 0.717) is 23.7 Å². The second-order valence-electron chi connectivity index (χ2n) is 11.1. The molecule has 240 valence electrons. The summed E-state index contributed by atoms with van der Waals surface area (Å²) >= 11 is 6.32. The van der Waals surface area contributed by atoms with Crippen molar-refractivity contribution >= 4 is 33.4 Å². The highest BCUT2D eigenvalue weighted by atomic mass is 35.5. The standard InChI is InChI=1S/C33H39ClN4O6S/c1-3-19-37(33(39)44-25-26-12-14-31(15-13-26)38(40)41)30-17-21-36(22-18-30)20-16-28(27-8-7-9-29(34)23-27)24-35(2)45(42,43)32-10-5-4-6-11-32/h3-15,23,28,30H,1,16-22,24-25H2,2H3/t28-/m1/s1. The number of hydrogen-bond acceptors (Lipinski definition) is 7. The molecule has 0 aliphatic carbocycles. The van der Waals surface area contributed by atoms with Gasteiger partial charge in [-0.2, -0.15) is 0 Å². The maximum atomic E-state index is 13.3. The number of sulfonamides is 1. The summed E-state index contributed by atoms with van der Waals surface area (Å²) in [5.74, 6) is -0.0726. The smallest absolute Gasteiger partial charge is 0.410 e. The van der Waals surface area contributed by atoms with Crippen LogP contribution in [0.1, 0.15) is 36.3 Å². The first-order chi connectivity index (χ1) is 21.6. The SMILES string of the molecule is C=CCN(C(=O)OCc1ccc([N+](=O)[O-])cc1)C1CCN(CC[C@H](CN(C)S(=O)(=O)c2ccccc2)c2cccc(Cl)c2)CC1. The number of carbonyl (C=O) groups excluding carboxylic acids is 1. The second kappa shape index (κ2) is 16.0. The third kappa shape index (κ3) is 9.37. The van der Waals surface area contributed by atoms with Crippen LogP contribution in [-0.4, -0.2) is 79.4 Å². The van der Waals surface area contributed by atoms with Crippen LogP contribution >= 0.6 is 11.6 Å². The molecule has 1 aliphatic heterocycles. The molecule has 0 bridgehead atoms. The molecule has 45 heavy (non-hydrogen) atoms. The van der Waals surface area contributed by atoms with E-state index in [1.165, 1.54) is 16.4 Å². The number of piperidine rings is 1. The number of hydrogen-bond donors (Lipinski definition) is 0. The van der Waals surface area contributed by atoms with Crippen molar-refractivity contribution < 1.29 is 22.9 Å². The normalized spacial score (nSPS) is 15.0. The molecule has 1 saturated heterocycles. The summed E-state index contributed by atoms with van der Waals surface area (Å²) in [6.07, 6.45) is 3.47. The number of nitrogens with zero attached hydrogens (tertiary/aromatic N) is 4. The molecule has 0 N–H and O–H groups in total. The summed E-state index contributed by atoms with van der Waals surface area (Å²) in [5.41, 5.74) is 1.63. The third-order valence-electron chi connectivity index (χ3n) is 8.11. The molecule has 12 heteroatoms. The van der Waals surface area contributed by atoms with Crippen molar-refractivity contribution in [2.24, 2.45) is 0 Å². The first-order valence-electron chi connectivity index (χ1n) is 14.8. The van der Waals surface area contributed by atoms with Gasteiger partial charge in [-0.25, -0.2) is 17.5 Å². The number of ether oxygens (including phenoxy) is 1. The summed E-state index contributed by atoms with van der Waals surface area (Å²) < 4.78 is 33.5. The van der Waals surface area contributed by atoms with Gasteiger partial charge in [0.25, 0.3) is 5.69 Å². The number of carbonyl (C=O) groups is 1. The molecule has 1 fully saturated rings. The molecule has 1 atom stereocenters. The number of benzene rings is 3. The molecule has 0 radical (unpaired) electrons. The number of nitro groups is 1. The van der Waals surface area contributed by atoms with Crippen LogP contribution in [0.3, 0.4) is 0 Å². The van der Waals surface area contributed by atoms with Gasteiger partial charge in [0, 0.05) is 56.4 Å². The second-order valence-corrected chi connectivity index (χ2v) is 13.6. The fourth-order valence-electron chi connectivity index (χ4n) is 5.55. The molecule has 0 aromatic heterocycles. The number of likely N-dealkylation sites (tertiary alicyclic amines) is 1. The van der Waals surface area contributed by atoms with Crippen molar-refractivity contribution in [1.29, 1.82) is 0 Å². The topological polar surface area (TPSA) is 113 Å². The van der Waals surface area contributed by atoms with Gasteiger partial charge >= 0.3 is 6.09 Å². The first kappa shape index (κ1) is 34.1. The lowest BCUT2D eigenvalue weighted by Crippen LogP contribution is -2.48. The lowest BCUT2D eigenvalue weighted by molar-refractivity contribution is -0.384. The van der Waals surface area contributed by atoms with Crippen LogP contribution in [0.15, 0.2) is 96.4 Å². The molecule has 1 heterocycles. The zero-order valence-electron chi connectivity index (χ0n) is 25.3. The van der Waals surface area contributed by atoms with Crippen LogP contribution in [0, 0.1) is 10.1 Å². The monoisotopic (exact) mass is 654 g/mol. The van der Waals surface area contributed by atoms with Crippen LogP contribution in [0.5, 0.6) is 0 Å². The van der Waals surface area contributed by atoms with Crippen LogP contribution in [0.2, 0.25) is 5.02 Å². The van der Waals surface area contributed by atoms with Gasteiger partial charge in [0.15, 0.2) is 0 Å². The Hall–Kier alpha value is -3.77. The Labute approximate surface area is 270 Å². The van der Waals surface area contributed by atoms with Gasteiger partial charge in [-0.3, -0.25) is 10.1 Å². The van der Waals surface area contributed by atoms with E-state index in [1.807, 2.05) is 24.3 Å². The summed E-state index contributed by atoms with van der Waals surface area (Å²) in [6.45, 7) is 6.78. The Morgan fingerprint density at radius 2 is 1.80 bits per heavy atom. The largest absolute Gasteiger partial charge is 0.445 e. The average molecular weight is 655 g/mol. The molecular formula is C33H39ClN4O6S. The van der Waals surface area contributed by atoms with E-state index in [4.69, 9.17) is 16.3 Å². The summed E-state index contributed by atoms with van der Waals surface area (Å²) in [4.78, 5) is 27.7. The number of rotatable bonds is 14. The van der Waals surface area contributed by atoms with E-state index in [2.05, 4.69) is 11.5 Å². The molecule has 4 rings (SSSR count). The number of halogens is 1. The number of nitro benzene ring substituents is 1. The van der Waals surface area contributed by atoms with Crippen molar-refractivity contribution in [3.63, 3.8) is 0 Å². The summed E-state index contributed by atoms with van der Waals surface area (Å²) in [5, 5.41) is 11.5. The van der Waals surface area contributed by atoms with Crippen molar-refractivity contribution in [2.75, 3.05) is 39.8 Å². The molecule has 1 amide bonds. The Morgan fingerprint density at radius 3 is 2.42 bits per heavy atom. The Balaban J connectivity index is 1.34. The van der Waals surface area contributed by atoms with E-state index in [-0.39, 0.29) is 29.1 Å². The zero-order valence-corrected chi connectivity index (χ0v) is 26.9. The number of non-ortho nitro benzene ring substituents is 1. The molecule has 0 saturated carbocycles. The van der Waals surface area contributed by atoms with Gasteiger partial charge in [-0.1, -0.05) is 48.0 Å². The highest BCUT2D eigenvalue weighted by Crippen LogP contribution is 2.27. The van der Waals surface area contributed by atoms with Crippen LogP contribution in [0.4, 0.5) is 10.5 Å². The maximum absolute atomic E-state index is 13.3. The molecule has 1 aliphatic rings. The van der Waals surface area contributed by atoms with Crippen molar-refractivity contribution in [3.8, 4) is 0 Å². The highest BCUT2D eigenvalue weighted by Gasteiger charge is 2.30. The molecule has 3 aromatic carbocycles. The van der Waals surface area contributed by atoms with Gasteiger partial charge in [-0.05, 0) is 79.3 Å². The minimum Gasteiger partial charge on any atom is -0.445 e. The number of likely N-dealkylation sites (N-methyl/N-ethyl adjacent to an activating group) is 1. The van der Waals surface area contributed by atoms with Gasteiger partial charge in [-0.15, -0.1) is 6.58 Å². The van der Waals surface area contributed by atoms with Gasteiger partial charge < -0.3 is 14.5 Å². The quantitative estimate of drug-likeness (QED) is 0.113. The fourth-order valence-corrected chi connectivity index (χ4v) is 6.99. The number of amides is 1. The third-order valence-corrected chi connectivity index (χ3v) is 10.2. The van der Waals surface area contributed by atoms with Crippen molar-refractivity contribution in [3.05, 3.63) is 118 Å². The van der Waals surface area contributed by atoms with Crippen molar-refractivity contribution in [1.82, 2.24) is 14.1 Å². The molecule has 3 aromatic rings. The van der Waals surface area contributed by atoms with E-state index >= 15 is 0 Å². The predicted octanol–water partition coefficient (Wildman–Crippen LogP) is 6.33. The Bertz CT molecular complexity index is 1550. The molecular weight excluding hydrogens is 616 g/mol. The predicted molar refractivity (Wildman–Crippen MR) is 175 cm³/mol. The maximum Gasteiger partial charge on any atom is 0.410 e. The van der Waals surface area contributed by atoms with Crippen LogP contribution in [-0.2, 0) is 21.4 Å². The first-order valence-corrected chi connectivity index (χ1v) is 16.7. The van der Waals surface area contributed by atoms with E-state index in [0.717, 1.165) is 44.5 Å². The molecule has 10 nitrogen and oxygen atoms in total.